The molecule has 1 unspecified atom stereocenters. The third-order valence-corrected chi connectivity index (χ3v) is 4.45. The molecule has 25 heavy (non-hydrogen) atoms. The van der Waals surface area contributed by atoms with Crippen LogP contribution in [0.2, 0.25) is 0 Å². The van der Waals surface area contributed by atoms with Crippen LogP contribution in [0.3, 0.4) is 0 Å². The molecule has 0 fully saturated rings. The van der Waals surface area contributed by atoms with Crippen molar-refractivity contribution in [2.75, 3.05) is 7.11 Å². The van der Waals surface area contributed by atoms with Crippen molar-refractivity contribution in [3.05, 3.63) is 70.3 Å². The van der Waals surface area contributed by atoms with E-state index in [2.05, 4.69) is 31.4 Å². The number of nitrogens with zero attached hydrogens (tertiary/aromatic N) is 1. The van der Waals surface area contributed by atoms with E-state index in [0.717, 1.165) is 27.0 Å². The van der Waals surface area contributed by atoms with Crippen molar-refractivity contribution in [1.29, 1.82) is 0 Å². The molecule has 2 N–H and O–H groups in total. The number of amides is 1. The van der Waals surface area contributed by atoms with Gasteiger partial charge in [-0.15, -0.1) is 0 Å². The Hall–Kier alpha value is -2.60. The molecule has 3 aromatic rings. The van der Waals surface area contributed by atoms with E-state index in [-0.39, 0.29) is 11.9 Å². The average Bonchev–Trinajstić information content (AvgIpc) is 3.12. The number of carbonyl (C=O) groups is 1. The maximum absolute atomic E-state index is 12.4. The molecule has 0 spiro atoms. The molecule has 3 rings (SSSR count). The van der Waals surface area contributed by atoms with E-state index in [4.69, 9.17) is 4.74 Å². The van der Waals surface area contributed by atoms with Crippen molar-refractivity contribution in [3.63, 3.8) is 0 Å². The molecule has 1 atom stereocenters. The van der Waals surface area contributed by atoms with Crippen LogP contribution in [0, 0.1) is 0 Å². The van der Waals surface area contributed by atoms with E-state index in [1.165, 1.54) is 0 Å². The quantitative estimate of drug-likeness (QED) is 0.670. The number of carbonyl (C=O) groups excluding carboxylic acids is 1. The zero-order chi connectivity index (χ0) is 17.8. The lowest BCUT2D eigenvalue weighted by Gasteiger charge is -2.14. The Morgan fingerprint density at radius 1 is 1.16 bits per heavy atom. The van der Waals surface area contributed by atoms with E-state index < -0.39 is 0 Å². The summed E-state index contributed by atoms with van der Waals surface area (Å²) in [4.78, 5) is 12.4. The van der Waals surface area contributed by atoms with Crippen LogP contribution in [-0.2, 0) is 0 Å². The summed E-state index contributed by atoms with van der Waals surface area (Å²) in [6, 6.07) is 17.0. The minimum atomic E-state index is -0.195. The third kappa shape index (κ3) is 4.09. The Morgan fingerprint density at radius 2 is 1.84 bits per heavy atom. The number of nitrogens with one attached hydrogen (secondary N) is 2. The number of rotatable bonds is 5. The standard InChI is InChI=1S/C19H18BrN3O2/c1-12(13-5-9-16(25-2)10-6-13)21-19(24)18-11-17(22-23-18)14-3-7-15(20)8-4-14/h3-12H,1-2H3,(H,21,24)(H,22,23). The third-order valence-electron chi connectivity index (χ3n) is 3.93. The van der Waals surface area contributed by atoms with Crippen LogP contribution in [0.25, 0.3) is 11.3 Å². The number of benzene rings is 2. The minimum absolute atomic E-state index is 0.127. The summed E-state index contributed by atoms with van der Waals surface area (Å²) in [5, 5.41) is 9.99. The normalized spacial score (nSPS) is 11.8. The van der Waals surface area contributed by atoms with Crippen LogP contribution in [0.4, 0.5) is 0 Å². The molecule has 0 aliphatic heterocycles. The molecule has 6 heteroatoms. The van der Waals surface area contributed by atoms with Crippen molar-refractivity contribution >= 4 is 21.8 Å². The zero-order valence-electron chi connectivity index (χ0n) is 13.9. The van der Waals surface area contributed by atoms with Gasteiger partial charge in [0.15, 0.2) is 0 Å². The van der Waals surface area contributed by atoms with E-state index in [0.29, 0.717) is 5.69 Å². The molecule has 0 aliphatic carbocycles. The van der Waals surface area contributed by atoms with Gasteiger partial charge in [-0.2, -0.15) is 5.10 Å². The fourth-order valence-electron chi connectivity index (χ4n) is 2.46. The van der Waals surface area contributed by atoms with Crippen molar-refractivity contribution in [1.82, 2.24) is 15.5 Å². The van der Waals surface area contributed by atoms with Gasteiger partial charge in [0.05, 0.1) is 18.8 Å². The summed E-state index contributed by atoms with van der Waals surface area (Å²) in [6.07, 6.45) is 0. The maximum atomic E-state index is 12.4. The van der Waals surface area contributed by atoms with Crippen molar-refractivity contribution < 1.29 is 9.53 Å². The first-order valence-electron chi connectivity index (χ1n) is 7.83. The van der Waals surface area contributed by atoms with Crippen LogP contribution < -0.4 is 10.1 Å². The maximum Gasteiger partial charge on any atom is 0.269 e. The highest BCUT2D eigenvalue weighted by atomic mass is 79.9. The first-order chi connectivity index (χ1) is 12.1. The van der Waals surface area contributed by atoms with Crippen LogP contribution in [0.5, 0.6) is 5.75 Å². The number of hydrogen-bond donors (Lipinski definition) is 2. The predicted molar refractivity (Wildman–Crippen MR) is 101 cm³/mol. The number of hydrogen-bond acceptors (Lipinski definition) is 3. The molecular formula is C19H18BrN3O2. The SMILES string of the molecule is COc1ccc(C(C)NC(=O)c2cc(-c3ccc(Br)cc3)n[nH]2)cc1. The van der Waals surface area contributed by atoms with Crippen molar-refractivity contribution in [2.24, 2.45) is 0 Å². The monoisotopic (exact) mass is 399 g/mol. The lowest BCUT2D eigenvalue weighted by atomic mass is 10.1. The smallest absolute Gasteiger partial charge is 0.269 e. The number of aromatic amines is 1. The van der Waals surface area contributed by atoms with Crippen LogP contribution in [0.1, 0.15) is 29.0 Å². The van der Waals surface area contributed by atoms with Gasteiger partial charge in [-0.3, -0.25) is 9.89 Å². The lowest BCUT2D eigenvalue weighted by molar-refractivity contribution is 0.0935. The molecule has 0 radical (unpaired) electrons. The second-order valence-corrected chi connectivity index (χ2v) is 6.56. The Balaban J connectivity index is 1.69. The summed E-state index contributed by atoms with van der Waals surface area (Å²) in [5.74, 6) is 0.592. The molecule has 2 aromatic carbocycles. The summed E-state index contributed by atoms with van der Waals surface area (Å²) < 4.78 is 6.15. The first-order valence-corrected chi connectivity index (χ1v) is 8.62. The fraction of sp³-hybridized carbons (Fsp3) is 0.158. The molecule has 5 nitrogen and oxygen atoms in total. The molecule has 0 saturated heterocycles. The number of H-pyrrole nitrogens is 1. The Bertz CT molecular complexity index is 857. The van der Waals surface area contributed by atoms with Crippen LogP contribution in [0.15, 0.2) is 59.1 Å². The lowest BCUT2D eigenvalue weighted by Crippen LogP contribution is -2.26. The summed E-state index contributed by atoms with van der Waals surface area (Å²) in [6.45, 7) is 1.94. The van der Waals surface area contributed by atoms with Gasteiger partial charge >= 0.3 is 0 Å². The largest absolute Gasteiger partial charge is 0.497 e. The molecule has 0 bridgehead atoms. The molecular weight excluding hydrogens is 382 g/mol. The molecule has 1 heterocycles. The van der Waals surface area contributed by atoms with Gasteiger partial charge in [0.25, 0.3) is 5.91 Å². The van der Waals surface area contributed by atoms with Crippen molar-refractivity contribution in [2.45, 2.75) is 13.0 Å². The number of halogens is 1. The van der Waals surface area contributed by atoms with E-state index in [1.54, 1.807) is 13.2 Å². The van der Waals surface area contributed by atoms with Gasteiger partial charge in [0, 0.05) is 10.0 Å². The van der Waals surface area contributed by atoms with Gasteiger partial charge in [-0.25, -0.2) is 0 Å². The highest BCUT2D eigenvalue weighted by Crippen LogP contribution is 2.21. The van der Waals surface area contributed by atoms with E-state index in [1.807, 2.05) is 55.5 Å². The van der Waals surface area contributed by atoms with Gasteiger partial charge in [0.2, 0.25) is 0 Å². The topological polar surface area (TPSA) is 67.0 Å². The predicted octanol–water partition coefficient (Wildman–Crippen LogP) is 4.34. The highest BCUT2D eigenvalue weighted by Gasteiger charge is 2.14. The molecule has 1 amide bonds. The fourth-order valence-corrected chi connectivity index (χ4v) is 2.72. The summed E-state index contributed by atoms with van der Waals surface area (Å²) >= 11 is 3.40. The first kappa shape index (κ1) is 17.2. The Labute approximate surface area is 154 Å². The van der Waals surface area contributed by atoms with Crippen LogP contribution >= 0.6 is 15.9 Å². The van der Waals surface area contributed by atoms with Gasteiger partial charge in [0.1, 0.15) is 11.4 Å². The molecule has 0 saturated carbocycles. The van der Waals surface area contributed by atoms with E-state index >= 15 is 0 Å². The molecule has 128 valence electrons. The highest BCUT2D eigenvalue weighted by molar-refractivity contribution is 9.10. The van der Waals surface area contributed by atoms with Gasteiger partial charge in [-0.05, 0) is 42.8 Å². The van der Waals surface area contributed by atoms with Crippen molar-refractivity contribution in [3.8, 4) is 17.0 Å². The minimum Gasteiger partial charge on any atom is -0.497 e. The second kappa shape index (κ2) is 7.53. The van der Waals surface area contributed by atoms with Gasteiger partial charge in [-0.1, -0.05) is 40.2 Å². The zero-order valence-corrected chi connectivity index (χ0v) is 15.5. The number of ether oxygens (including phenoxy) is 1. The Morgan fingerprint density at radius 3 is 2.48 bits per heavy atom. The number of aromatic nitrogens is 2. The molecule has 1 aromatic heterocycles. The van der Waals surface area contributed by atoms with Crippen LogP contribution in [-0.4, -0.2) is 23.2 Å². The van der Waals surface area contributed by atoms with Gasteiger partial charge < -0.3 is 10.1 Å². The van der Waals surface area contributed by atoms with E-state index in [9.17, 15) is 4.79 Å². The molecule has 0 aliphatic rings. The average molecular weight is 400 g/mol. The summed E-state index contributed by atoms with van der Waals surface area (Å²) in [5.41, 5.74) is 3.11. The Kier molecular flexibility index (Phi) is 5.19. The summed E-state index contributed by atoms with van der Waals surface area (Å²) in [7, 11) is 1.63. The second-order valence-electron chi connectivity index (χ2n) is 5.64. The number of methoxy groups -OCH3 is 1.